The van der Waals surface area contributed by atoms with Gasteiger partial charge in [0.05, 0.1) is 7.11 Å². The van der Waals surface area contributed by atoms with Crippen LogP contribution in [0.25, 0.3) is 0 Å². The quantitative estimate of drug-likeness (QED) is 0.721. The molecule has 0 fully saturated rings. The molecule has 0 aliphatic carbocycles. The minimum atomic E-state index is -0.961. The van der Waals surface area contributed by atoms with E-state index in [0.29, 0.717) is 30.7 Å². The first-order valence-electron chi connectivity index (χ1n) is 7.06. The van der Waals surface area contributed by atoms with Gasteiger partial charge in [0.25, 0.3) is 0 Å². The van der Waals surface area contributed by atoms with Crippen LogP contribution in [-0.4, -0.2) is 29.5 Å². The second-order valence-corrected chi connectivity index (χ2v) is 5.03. The number of nitrogens with one attached hydrogen (secondary N) is 1. The molecule has 0 atom stereocenters. The third-order valence-electron chi connectivity index (χ3n) is 3.92. The molecule has 5 heteroatoms. The Kier molecular flexibility index (Phi) is 5.90. The summed E-state index contributed by atoms with van der Waals surface area (Å²) in [6.45, 7) is 5.51. The van der Waals surface area contributed by atoms with E-state index < -0.39 is 11.5 Å². The summed E-state index contributed by atoms with van der Waals surface area (Å²) >= 11 is 0. The normalized spacial score (nSPS) is 11.2. The molecular formula is C16H23NO4. The van der Waals surface area contributed by atoms with Crippen LogP contribution >= 0.6 is 0 Å². The number of carboxylic acid groups (broad SMARTS) is 1. The van der Waals surface area contributed by atoms with Gasteiger partial charge in [0.15, 0.2) is 5.78 Å². The van der Waals surface area contributed by atoms with E-state index >= 15 is 0 Å². The van der Waals surface area contributed by atoms with Crippen LogP contribution in [0.3, 0.4) is 0 Å². The highest BCUT2D eigenvalue weighted by Crippen LogP contribution is 2.23. The van der Waals surface area contributed by atoms with Crippen LogP contribution in [0.5, 0.6) is 5.75 Å². The summed E-state index contributed by atoms with van der Waals surface area (Å²) in [4.78, 5) is 23.0. The Hall–Kier alpha value is -1.88. The third kappa shape index (κ3) is 3.82. The van der Waals surface area contributed by atoms with E-state index in [1.807, 2.05) is 13.8 Å². The first-order chi connectivity index (χ1) is 9.90. The maximum atomic E-state index is 11.5. The second-order valence-electron chi connectivity index (χ2n) is 5.03. The molecule has 0 aliphatic heterocycles. The Morgan fingerprint density at radius 1 is 1.29 bits per heavy atom. The van der Waals surface area contributed by atoms with E-state index in [1.54, 1.807) is 25.3 Å². The molecule has 1 aromatic rings. The lowest BCUT2D eigenvalue weighted by molar-refractivity contribution is -0.145. The SMILES string of the molecule is CCC(CC)(NCc1cc(C(C)=O)ccc1OC)C(=O)O. The number of carbonyl (C=O) groups excluding carboxylic acids is 1. The van der Waals surface area contributed by atoms with Gasteiger partial charge in [-0.1, -0.05) is 13.8 Å². The van der Waals surface area contributed by atoms with Gasteiger partial charge in [-0.3, -0.25) is 14.9 Å². The summed E-state index contributed by atoms with van der Waals surface area (Å²) in [7, 11) is 1.55. The lowest BCUT2D eigenvalue weighted by Gasteiger charge is -2.28. The zero-order chi connectivity index (χ0) is 16.0. The van der Waals surface area contributed by atoms with Crippen LogP contribution in [0.4, 0.5) is 0 Å². The number of ketones is 1. The minimum Gasteiger partial charge on any atom is -0.496 e. The fourth-order valence-corrected chi connectivity index (χ4v) is 2.28. The summed E-state index contributed by atoms with van der Waals surface area (Å²) < 4.78 is 5.27. The van der Waals surface area contributed by atoms with Crippen LogP contribution in [0.1, 0.15) is 49.5 Å². The van der Waals surface area contributed by atoms with Gasteiger partial charge in [-0.15, -0.1) is 0 Å². The average Bonchev–Trinajstić information content (AvgIpc) is 2.48. The minimum absolute atomic E-state index is 0.0330. The van der Waals surface area contributed by atoms with Crippen LogP contribution in [-0.2, 0) is 11.3 Å². The molecule has 0 heterocycles. The molecule has 0 bridgehead atoms. The van der Waals surface area contributed by atoms with Crippen molar-refractivity contribution in [1.82, 2.24) is 5.32 Å². The lowest BCUT2D eigenvalue weighted by atomic mass is 9.92. The zero-order valence-corrected chi connectivity index (χ0v) is 13.0. The summed E-state index contributed by atoms with van der Waals surface area (Å²) in [5.41, 5.74) is 0.399. The highest BCUT2D eigenvalue weighted by molar-refractivity contribution is 5.94. The molecular weight excluding hydrogens is 270 g/mol. The maximum absolute atomic E-state index is 11.5. The van der Waals surface area contributed by atoms with Crippen LogP contribution in [0.15, 0.2) is 18.2 Å². The Morgan fingerprint density at radius 3 is 2.33 bits per heavy atom. The van der Waals surface area contributed by atoms with E-state index in [-0.39, 0.29) is 5.78 Å². The third-order valence-corrected chi connectivity index (χ3v) is 3.92. The van der Waals surface area contributed by atoms with Crippen LogP contribution < -0.4 is 10.1 Å². The molecule has 0 unspecified atom stereocenters. The molecule has 0 aliphatic rings. The standard InChI is InChI=1S/C16H23NO4/c1-5-16(6-2,15(19)20)17-10-13-9-12(11(3)18)7-8-14(13)21-4/h7-9,17H,5-6,10H2,1-4H3,(H,19,20). The fourth-order valence-electron chi connectivity index (χ4n) is 2.28. The molecule has 0 saturated carbocycles. The molecule has 2 N–H and O–H groups in total. The Labute approximate surface area is 125 Å². The van der Waals surface area contributed by atoms with Crippen molar-refractivity contribution in [2.75, 3.05) is 7.11 Å². The first kappa shape index (κ1) is 17.2. The number of benzene rings is 1. The summed E-state index contributed by atoms with van der Waals surface area (Å²) in [6, 6.07) is 5.18. The van der Waals surface area contributed by atoms with E-state index in [0.717, 1.165) is 5.56 Å². The van der Waals surface area contributed by atoms with E-state index in [1.165, 1.54) is 6.92 Å². The zero-order valence-electron chi connectivity index (χ0n) is 13.0. The topological polar surface area (TPSA) is 75.6 Å². The number of methoxy groups -OCH3 is 1. The number of carboxylic acids is 1. The van der Waals surface area contributed by atoms with Gasteiger partial charge < -0.3 is 9.84 Å². The van der Waals surface area contributed by atoms with Gasteiger partial charge in [-0.2, -0.15) is 0 Å². The number of Topliss-reactive ketones (excluding diaryl/α,β-unsaturated/α-hetero) is 1. The molecule has 1 aromatic carbocycles. The number of hydrogen-bond donors (Lipinski definition) is 2. The van der Waals surface area contributed by atoms with Crippen molar-refractivity contribution >= 4 is 11.8 Å². The predicted molar refractivity (Wildman–Crippen MR) is 80.8 cm³/mol. The molecule has 0 amide bonds. The van der Waals surface area contributed by atoms with E-state index in [9.17, 15) is 14.7 Å². The van der Waals surface area contributed by atoms with E-state index in [2.05, 4.69) is 5.32 Å². The Balaban J connectivity index is 3.03. The van der Waals surface area contributed by atoms with Gasteiger partial charge in [-0.25, -0.2) is 0 Å². The molecule has 0 saturated heterocycles. The van der Waals surface area contributed by atoms with Gasteiger partial charge in [0, 0.05) is 17.7 Å². The molecule has 5 nitrogen and oxygen atoms in total. The van der Waals surface area contributed by atoms with Crippen molar-refractivity contribution in [2.45, 2.75) is 45.7 Å². The molecule has 0 aromatic heterocycles. The number of carbonyl (C=O) groups is 2. The average molecular weight is 293 g/mol. The smallest absolute Gasteiger partial charge is 0.323 e. The second kappa shape index (κ2) is 7.22. The number of aliphatic carboxylic acids is 1. The Bertz CT molecular complexity index is 521. The van der Waals surface area contributed by atoms with E-state index in [4.69, 9.17) is 4.74 Å². The number of hydrogen-bond acceptors (Lipinski definition) is 4. The predicted octanol–water partition coefficient (Wildman–Crippen LogP) is 2.63. The number of ether oxygens (including phenoxy) is 1. The van der Waals surface area contributed by atoms with Crippen molar-refractivity contribution in [3.8, 4) is 5.75 Å². The van der Waals surface area contributed by atoms with Gasteiger partial charge >= 0.3 is 5.97 Å². The highest BCUT2D eigenvalue weighted by Gasteiger charge is 2.34. The molecule has 1 rings (SSSR count). The largest absolute Gasteiger partial charge is 0.496 e. The summed E-state index contributed by atoms with van der Waals surface area (Å²) in [5.74, 6) is -0.262. The molecule has 21 heavy (non-hydrogen) atoms. The summed E-state index contributed by atoms with van der Waals surface area (Å²) in [5, 5.41) is 12.5. The summed E-state index contributed by atoms with van der Waals surface area (Å²) in [6.07, 6.45) is 0.959. The van der Waals surface area contributed by atoms with Crippen molar-refractivity contribution < 1.29 is 19.4 Å². The lowest BCUT2D eigenvalue weighted by Crippen LogP contribution is -2.50. The molecule has 0 radical (unpaired) electrons. The van der Waals surface area contributed by atoms with Gasteiger partial charge in [0.2, 0.25) is 0 Å². The number of rotatable bonds is 8. The molecule has 116 valence electrons. The monoisotopic (exact) mass is 293 g/mol. The molecule has 0 spiro atoms. The van der Waals surface area contributed by atoms with Crippen molar-refractivity contribution in [1.29, 1.82) is 0 Å². The fraction of sp³-hybridized carbons (Fsp3) is 0.500. The van der Waals surface area contributed by atoms with Crippen LogP contribution in [0, 0.1) is 0 Å². The van der Waals surface area contributed by atoms with Gasteiger partial charge in [-0.05, 0) is 38.0 Å². The van der Waals surface area contributed by atoms with Crippen molar-refractivity contribution in [3.63, 3.8) is 0 Å². The highest BCUT2D eigenvalue weighted by atomic mass is 16.5. The van der Waals surface area contributed by atoms with Gasteiger partial charge in [0.1, 0.15) is 11.3 Å². The first-order valence-corrected chi connectivity index (χ1v) is 7.06. The van der Waals surface area contributed by atoms with Crippen LogP contribution in [0.2, 0.25) is 0 Å². The van der Waals surface area contributed by atoms with Crippen molar-refractivity contribution in [3.05, 3.63) is 29.3 Å². The maximum Gasteiger partial charge on any atom is 0.323 e. The Morgan fingerprint density at radius 2 is 1.90 bits per heavy atom. The van der Waals surface area contributed by atoms with Crippen molar-refractivity contribution in [2.24, 2.45) is 0 Å².